The summed E-state index contributed by atoms with van der Waals surface area (Å²) in [6.07, 6.45) is 0.259. The van der Waals surface area contributed by atoms with Crippen molar-refractivity contribution in [2.45, 2.75) is 12.0 Å². The van der Waals surface area contributed by atoms with Gasteiger partial charge in [-0.3, -0.25) is 10.1 Å². The number of phenolic OH excluding ortho intramolecular Hbond substituents is 1. The lowest BCUT2D eigenvalue weighted by Gasteiger charge is -2.29. The maximum absolute atomic E-state index is 11.0. The van der Waals surface area contributed by atoms with Crippen molar-refractivity contribution in [3.63, 3.8) is 0 Å². The predicted molar refractivity (Wildman–Crippen MR) is 127 cm³/mol. The van der Waals surface area contributed by atoms with E-state index in [0.717, 1.165) is 0 Å². The van der Waals surface area contributed by atoms with E-state index in [1.54, 1.807) is 42.5 Å². The summed E-state index contributed by atoms with van der Waals surface area (Å²) in [5.41, 5.74) is 1.28. The molecule has 3 aromatic rings. The van der Waals surface area contributed by atoms with Crippen LogP contribution in [0.15, 0.2) is 59.8 Å². The van der Waals surface area contributed by atoms with Gasteiger partial charge < -0.3 is 28.9 Å². The molecule has 0 saturated heterocycles. The van der Waals surface area contributed by atoms with Gasteiger partial charge in [-0.2, -0.15) is 0 Å². The quantitative estimate of drug-likeness (QED) is 0.372. The van der Waals surface area contributed by atoms with E-state index < -0.39 is 10.5 Å². The van der Waals surface area contributed by atoms with Crippen molar-refractivity contribution in [1.29, 1.82) is 0 Å². The Kier molecular flexibility index (Phi) is 6.37. The highest BCUT2D eigenvalue weighted by Gasteiger charge is 2.45. The van der Waals surface area contributed by atoms with E-state index in [-0.39, 0.29) is 17.9 Å². The second-order valence-corrected chi connectivity index (χ2v) is 7.74. The van der Waals surface area contributed by atoms with Gasteiger partial charge in [0.1, 0.15) is 0 Å². The molecule has 0 bridgehead atoms. The number of aromatic hydroxyl groups is 1. The molecule has 0 fully saturated rings. The number of methoxy groups -OCH3 is 4. The summed E-state index contributed by atoms with van der Waals surface area (Å²) < 4.78 is 21.7. The van der Waals surface area contributed by atoms with Crippen LogP contribution in [0.2, 0.25) is 0 Å². The molecule has 1 unspecified atom stereocenters. The van der Waals surface area contributed by atoms with E-state index in [1.165, 1.54) is 40.6 Å². The highest BCUT2D eigenvalue weighted by atomic mass is 16.7. The molecule has 0 aromatic heterocycles. The van der Waals surface area contributed by atoms with Crippen LogP contribution in [-0.4, -0.2) is 44.2 Å². The van der Waals surface area contributed by atoms with Gasteiger partial charge >= 0.3 is 0 Å². The van der Waals surface area contributed by atoms with Gasteiger partial charge in [-0.25, -0.2) is 0 Å². The van der Waals surface area contributed by atoms with Gasteiger partial charge in [-0.05, 0) is 42.0 Å². The number of nitrogens with zero attached hydrogens (tertiary/aromatic N) is 2. The fraction of sp³-hybridized carbons (Fsp3) is 0.240. The monoisotopic (exact) mass is 480 g/mol. The van der Waals surface area contributed by atoms with E-state index >= 15 is 0 Å². The zero-order valence-corrected chi connectivity index (χ0v) is 19.6. The Bertz CT molecular complexity index is 1260. The first-order valence-corrected chi connectivity index (χ1v) is 10.5. The molecular weight excluding hydrogens is 456 g/mol. The van der Waals surface area contributed by atoms with Crippen LogP contribution < -0.4 is 18.9 Å². The molecule has 10 heteroatoms. The molecule has 4 rings (SSSR count). The lowest BCUT2D eigenvalue weighted by molar-refractivity contribution is -0.384. The summed E-state index contributed by atoms with van der Waals surface area (Å²) in [4.78, 5) is 16.7. The standard InChI is InChI=1S/C25H24N2O8/c1-31-21-10-7-16(11-20(21)28)25(17-12-22(32-2)24(34-4)23(13-17)33-3)14-19(26-35-25)15-5-8-18(9-6-15)27(29)30/h5-13,28H,14H2,1-4H3. The molecule has 1 heterocycles. The third-order valence-electron chi connectivity index (χ3n) is 5.92. The van der Waals surface area contributed by atoms with Crippen molar-refractivity contribution < 1.29 is 33.8 Å². The normalized spacial score (nSPS) is 16.7. The van der Waals surface area contributed by atoms with Crippen LogP contribution in [0.4, 0.5) is 5.69 Å². The lowest BCUT2D eigenvalue weighted by Crippen LogP contribution is -2.28. The minimum Gasteiger partial charge on any atom is -0.504 e. The SMILES string of the molecule is COc1ccc(C2(c3cc(OC)c(OC)c(OC)c3)CC(c3ccc([N+](=O)[O-])cc3)=NO2)cc1O. The first-order chi connectivity index (χ1) is 16.9. The largest absolute Gasteiger partial charge is 0.504 e. The van der Waals surface area contributed by atoms with Crippen molar-refractivity contribution in [3.8, 4) is 28.7 Å². The summed E-state index contributed by atoms with van der Waals surface area (Å²) in [6.45, 7) is 0. The molecule has 0 saturated carbocycles. The molecule has 0 radical (unpaired) electrons. The zero-order chi connectivity index (χ0) is 25.2. The Morgan fingerprint density at radius 2 is 1.51 bits per heavy atom. The maximum atomic E-state index is 11.0. The topological polar surface area (TPSA) is 122 Å². The Balaban J connectivity index is 1.85. The van der Waals surface area contributed by atoms with Crippen LogP contribution in [0, 0.1) is 10.1 Å². The first-order valence-electron chi connectivity index (χ1n) is 10.5. The van der Waals surface area contributed by atoms with Crippen molar-refractivity contribution in [2.24, 2.45) is 5.16 Å². The van der Waals surface area contributed by atoms with Gasteiger partial charge in [0.2, 0.25) is 5.75 Å². The molecular formula is C25H24N2O8. The van der Waals surface area contributed by atoms with Crippen LogP contribution in [0.25, 0.3) is 0 Å². The molecule has 35 heavy (non-hydrogen) atoms. The highest BCUT2D eigenvalue weighted by Crippen LogP contribution is 2.49. The number of benzene rings is 3. The Labute approximate surface area is 201 Å². The van der Waals surface area contributed by atoms with Crippen molar-refractivity contribution >= 4 is 11.4 Å². The van der Waals surface area contributed by atoms with Crippen LogP contribution in [-0.2, 0) is 10.4 Å². The lowest BCUT2D eigenvalue weighted by atomic mass is 9.81. The van der Waals surface area contributed by atoms with E-state index in [1.807, 2.05) is 0 Å². The molecule has 182 valence electrons. The third kappa shape index (κ3) is 4.14. The molecule has 0 aliphatic carbocycles. The predicted octanol–water partition coefficient (Wildman–Crippen LogP) is 4.40. The van der Waals surface area contributed by atoms with Crippen molar-refractivity contribution in [1.82, 2.24) is 0 Å². The Morgan fingerprint density at radius 3 is 2.03 bits per heavy atom. The average Bonchev–Trinajstić information content (AvgIpc) is 3.34. The second kappa shape index (κ2) is 9.41. The minimum atomic E-state index is -1.17. The summed E-state index contributed by atoms with van der Waals surface area (Å²) in [7, 11) is 6.01. The first kappa shape index (κ1) is 23.7. The second-order valence-electron chi connectivity index (χ2n) is 7.74. The van der Waals surface area contributed by atoms with Gasteiger partial charge in [0.25, 0.3) is 5.69 Å². The van der Waals surface area contributed by atoms with Crippen LogP contribution in [0.5, 0.6) is 28.7 Å². The molecule has 3 aromatic carbocycles. The van der Waals surface area contributed by atoms with E-state index in [2.05, 4.69) is 5.16 Å². The number of hydrogen-bond acceptors (Lipinski definition) is 9. The summed E-state index contributed by atoms with van der Waals surface area (Å²) in [5.74, 6) is 1.51. The maximum Gasteiger partial charge on any atom is 0.269 e. The number of rotatable bonds is 8. The van der Waals surface area contributed by atoms with Gasteiger partial charge in [0.15, 0.2) is 28.6 Å². The minimum absolute atomic E-state index is 0.0239. The number of nitro groups is 1. The average molecular weight is 480 g/mol. The zero-order valence-electron chi connectivity index (χ0n) is 19.6. The van der Waals surface area contributed by atoms with E-state index in [4.69, 9.17) is 23.8 Å². The summed E-state index contributed by atoms with van der Waals surface area (Å²) >= 11 is 0. The van der Waals surface area contributed by atoms with Crippen molar-refractivity contribution in [3.05, 3.63) is 81.4 Å². The van der Waals surface area contributed by atoms with Gasteiger partial charge in [-0.15, -0.1) is 0 Å². The molecule has 10 nitrogen and oxygen atoms in total. The van der Waals surface area contributed by atoms with E-state index in [0.29, 0.717) is 45.4 Å². The number of phenols is 1. The third-order valence-corrected chi connectivity index (χ3v) is 5.92. The fourth-order valence-corrected chi connectivity index (χ4v) is 4.10. The van der Waals surface area contributed by atoms with E-state index in [9.17, 15) is 15.2 Å². The smallest absolute Gasteiger partial charge is 0.269 e. The molecule has 1 aliphatic rings. The number of hydrogen-bond donors (Lipinski definition) is 1. The highest BCUT2D eigenvalue weighted by molar-refractivity contribution is 6.02. The van der Waals surface area contributed by atoms with Gasteiger partial charge in [0.05, 0.1) is 39.1 Å². The molecule has 0 amide bonds. The Morgan fingerprint density at radius 1 is 0.886 bits per heavy atom. The molecule has 1 atom stereocenters. The number of ether oxygens (including phenoxy) is 4. The summed E-state index contributed by atoms with van der Waals surface area (Å²) in [6, 6.07) is 14.6. The summed E-state index contributed by atoms with van der Waals surface area (Å²) in [5, 5.41) is 25.9. The number of oxime groups is 1. The molecule has 1 N–H and O–H groups in total. The number of non-ortho nitro benzene ring substituents is 1. The Hall–Kier alpha value is -4.47. The van der Waals surface area contributed by atoms with Crippen LogP contribution >= 0.6 is 0 Å². The van der Waals surface area contributed by atoms with Gasteiger partial charge in [0, 0.05) is 29.7 Å². The van der Waals surface area contributed by atoms with Crippen molar-refractivity contribution in [2.75, 3.05) is 28.4 Å². The molecule has 1 aliphatic heterocycles. The van der Waals surface area contributed by atoms with Crippen LogP contribution in [0.3, 0.4) is 0 Å². The number of nitro benzene ring substituents is 1. The van der Waals surface area contributed by atoms with Gasteiger partial charge in [-0.1, -0.05) is 11.2 Å². The fourth-order valence-electron chi connectivity index (χ4n) is 4.10. The molecule has 0 spiro atoms. The van der Waals surface area contributed by atoms with Crippen LogP contribution in [0.1, 0.15) is 23.1 Å².